The summed E-state index contributed by atoms with van der Waals surface area (Å²) in [5.41, 5.74) is 6.62. The van der Waals surface area contributed by atoms with E-state index in [9.17, 15) is 0 Å². The van der Waals surface area contributed by atoms with Gasteiger partial charge < -0.3 is 10.5 Å². The van der Waals surface area contributed by atoms with Crippen LogP contribution in [0.3, 0.4) is 0 Å². The van der Waals surface area contributed by atoms with Crippen LogP contribution in [0.5, 0.6) is 5.88 Å². The molecule has 0 saturated heterocycles. The fourth-order valence-corrected chi connectivity index (χ4v) is 1.45. The summed E-state index contributed by atoms with van der Waals surface area (Å²) in [6, 6.07) is 11.2. The molecule has 0 aliphatic heterocycles. The topological polar surface area (TPSA) is 61.0 Å². The molecule has 0 bridgehead atoms. The van der Waals surface area contributed by atoms with E-state index in [-0.39, 0.29) is 0 Å². The van der Waals surface area contributed by atoms with Crippen molar-refractivity contribution in [3.8, 4) is 29.6 Å². The van der Waals surface area contributed by atoms with Gasteiger partial charge in [-0.2, -0.15) is 4.98 Å². The lowest BCUT2D eigenvalue weighted by atomic mass is 10.2. The average Bonchev–Trinajstić information content (AvgIpc) is 2.39. The Hall–Kier alpha value is -2.54. The lowest BCUT2D eigenvalue weighted by Crippen LogP contribution is -2.02. The first-order chi connectivity index (χ1) is 8.79. The third-order valence-electron chi connectivity index (χ3n) is 2.25. The van der Waals surface area contributed by atoms with Gasteiger partial charge in [0.2, 0.25) is 5.88 Å². The Morgan fingerprint density at radius 2 is 2.00 bits per heavy atom. The number of nitrogens with zero attached hydrogens (tertiary/aromatic N) is 2. The third kappa shape index (κ3) is 2.98. The number of aromatic nitrogens is 2. The Bertz CT molecular complexity index is 561. The van der Waals surface area contributed by atoms with E-state index in [1.807, 2.05) is 30.3 Å². The minimum Gasteiger partial charge on any atom is -0.477 e. The molecule has 1 aromatic carbocycles. The molecule has 0 aliphatic carbocycles. The summed E-state index contributed by atoms with van der Waals surface area (Å²) in [6.07, 6.45) is 5.69. The van der Waals surface area contributed by atoms with Gasteiger partial charge in [-0.15, -0.1) is 12.3 Å². The zero-order valence-corrected chi connectivity index (χ0v) is 9.84. The molecular formula is C14H13N3O. The van der Waals surface area contributed by atoms with E-state index in [0.717, 1.165) is 5.56 Å². The standard InChI is InChI=1S/C14H13N3O/c1-2-3-9-18-13-10-12(15)16-14(17-13)11-7-5-4-6-8-11/h1,4-8,10H,3,9H2,(H2,15,16,17). The molecule has 4 heteroatoms. The number of terminal acetylenes is 1. The third-order valence-corrected chi connectivity index (χ3v) is 2.25. The molecule has 0 radical (unpaired) electrons. The molecule has 2 rings (SSSR count). The molecule has 2 aromatic rings. The van der Waals surface area contributed by atoms with Crippen LogP contribution in [0.2, 0.25) is 0 Å². The molecule has 18 heavy (non-hydrogen) atoms. The van der Waals surface area contributed by atoms with E-state index in [1.165, 1.54) is 0 Å². The highest BCUT2D eigenvalue weighted by molar-refractivity contribution is 5.57. The van der Waals surface area contributed by atoms with Crippen LogP contribution in [0.25, 0.3) is 11.4 Å². The van der Waals surface area contributed by atoms with Gasteiger partial charge in [0.25, 0.3) is 0 Å². The molecule has 0 aliphatic rings. The van der Waals surface area contributed by atoms with Gasteiger partial charge >= 0.3 is 0 Å². The maximum atomic E-state index is 5.73. The van der Waals surface area contributed by atoms with Crippen molar-refractivity contribution in [1.29, 1.82) is 0 Å². The highest BCUT2D eigenvalue weighted by atomic mass is 16.5. The monoisotopic (exact) mass is 239 g/mol. The van der Waals surface area contributed by atoms with E-state index >= 15 is 0 Å². The summed E-state index contributed by atoms with van der Waals surface area (Å²) in [7, 11) is 0. The Morgan fingerprint density at radius 1 is 1.22 bits per heavy atom. The highest BCUT2D eigenvalue weighted by Gasteiger charge is 2.05. The first-order valence-corrected chi connectivity index (χ1v) is 5.56. The van der Waals surface area contributed by atoms with Crippen molar-refractivity contribution in [3.05, 3.63) is 36.4 Å². The van der Waals surface area contributed by atoms with Crippen LogP contribution in [-0.4, -0.2) is 16.6 Å². The normalized spacial score (nSPS) is 9.72. The van der Waals surface area contributed by atoms with Crippen LogP contribution in [0.15, 0.2) is 36.4 Å². The first kappa shape index (κ1) is 11.9. The van der Waals surface area contributed by atoms with Crippen LogP contribution >= 0.6 is 0 Å². The summed E-state index contributed by atoms with van der Waals surface area (Å²) >= 11 is 0. The largest absolute Gasteiger partial charge is 0.477 e. The van der Waals surface area contributed by atoms with Crippen LogP contribution in [0.4, 0.5) is 5.82 Å². The molecular weight excluding hydrogens is 226 g/mol. The Kier molecular flexibility index (Phi) is 3.77. The van der Waals surface area contributed by atoms with Crippen molar-refractivity contribution >= 4 is 5.82 Å². The van der Waals surface area contributed by atoms with Gasteiger partial charge in [-0.3, -0.25) is 0 Å². The van der Waals surface area contributed by atoms with Gasteiger partial charge in [0, 0.05) is 18.1 Å². The van der Waals surface area contributed by atoms with Crippen LogP contribution in [-0.2, 0) is 0 Å². The van der Waals surface area contributed by atoms with E-state index in [1.54, 1.807) is 6.07 Å². The zero-order valence-electron chi connectivity index (χ0n) is 9.84. The van der Waals surface area contributed by atoms with Crippen LogP contribution < -0.4 is 10.5 Å². The van der Waals surface area contributed by atoms with Gasteiger partial charge in [-0.05, 0) is 0 Å². The zero-order chi connectivity index (χ0) is 12.8. The number of anilines is 1. The van der Waals surface area contributed by atoms with Crippen molar-refractivity contribution in [2.24, 2.45) is 0 Å². The molecule has 0 spiro atoms. The fraction of sp³-hybridized carbons (Fsp3) is 0.143. The number of rotatable bonds is 4. The van der Waals surface area contributed by atoms with E-state index in [0.29, 0.717) is 30.5 Å². The summed E-state index contributed by atoms with van der Waals surface area (Å²) in [5, 5.41) is 0. The van der Waals surface area contributed by atoms with Crippen LogP contribution in [0.1, 0.15) is 6.42 Å². The first-order valence-electron chi connectivity index (χ1n) is 5.56. The minimum absolute atomic E-state index is 0.375. The Labute approximate surface area is 106 Å². The molecule has 2 N–H and O–H groups in total. The molecule has 4 nitrogen and oxygen atoms in total. The van der Waals surface area contributed by atoms with E-state index in [4.69, 9.17) is 16.9 Å². The average molecular weight is 239 g/mol. The van der Waals surface area contributed by atoms with Gasteiger partial charge in [0.15, 0.2) is 5.82 Å². The van der Waals surface area contributed by atoms with Crippen LogP contribution in [0, 0.1) is 12.3 Å². The Morgan fingerprint density at radius 3 is 2.72 bits per heavy atom. The summed E-state index contributed by atoms with van der Waals surface area (Å²) in [6.45, 7) is 0.418. The molecule has 0 atom stereocenters. The molecule has 90 valence electrons. The second-order valence-corrected chi connectivity index (χ2v) is 3.62. The van der Waals surface area contributed by atoms with Crippen molar-refractivity contribution in [1.82, 2.24) is 9.97 Å². The van der Waals surface area contributed by atoms with Crippen molar-refractivity contribution in [2.45, 2.75) is 6.42 Å². The molecule has 1 heterocycles. The number of hydrogen-bond donors (Lipinski definition) is 1. The predicted octanol–water partition coefficient (Wildman–Crippen LogP) is 2.13. The highest BCUT2D eigenvalue weighted by Crippen LogP contribution is 2.19. The second kappa shape index (κ2) is 5.69. The van der Waals surface area contributed by atoms with Crippen molar-refractivity contribution < 1.29 is 4.74 Å². The van der Waals surface area contributed by atoms with Gasteiger partial charge in [-0.1, -0.05) is 30.3 Å². The lowest BCUT2D eigenvalue weighted by molar-refractivity contribution is 0.314. The predicted molar refractivity (Wildman–Crippen MR) is 70.8 cm³/mol. The SMILES string of the molecule is C#CCCOc1cc(N)nc(-c2ccccc2)n1. The van der Waals surface area contributed by atoms with Gasteiger partial charge in [-0.25, -0.2) is 4.98 Å². The molecule has 0 amide bonds. The summed E-state index contributed by atoms with van der Waals surface area (Å²) in [4.78, 5) is 8.47. The summed E-state index contributed by atoms with van der Waals surface area (Å²) < 4.78 is 5.42. The minimum atomic E-state index is 0.375. The maximum Gasteiger partial charge on any atom is 0.219 e. The molecule has 1 aromatic heterocycles. The van der Waals surface area contributed by atoms with Crippen molar-refractivity contribution in [2.75, 3.05) is 12.3 Å². The second-order valence-electron chi connectivity index (χ2n) is 3.62. The van der Waals surface area contributed by atoms with Crippen molar-refractivity contribution in [3.63, 3.8) is 0 Å². The Balaban J connectivity index is 2.25. The number of nitrogens with two attached hydrogens (primary N) is 1. The lowest BCUT2D eigenvalue weighted by Gasteiger charge is -2.06. The smallest absolute Gasteiger partial charge is 0.219 e. The molecule has 0 fully saturated rings. The number of benzene rings is 1. The van der Waals surface area contributed by atoms with E-state index < -0.39 is 0 Å². The number of nitrogen functional groups attached to an aromatic ring is 1. The quantitative estimate of drug-likeness (QED) is 0.655. The fourth-order valence-electron chi connectivity index (χ4n) is 1.45. The van der Waals surface area contributed by atoms with Gasteiger partial charge in [0.05, 0.1) is 0 Å². The molecule has 0 unspecified atom stereocenters. The van der Waals surface area contributed by atoms with Gasteiger partial charge in [0.1, 0.15) is 12.4 Å². The summed E-state index contributed by atoms with van der Waals surface area (Å²) in [5.74, 6) is 3.86. The maximum absolute atomic E-state index is 5.73. The van der Waals surface area contributed by atoms with E-state index in [2.05, 4.69) is 15.9 Å². The number of hydrogen-bond acceptors (Lipinski definition) is 4. The number of ether oxygens (including phenoxy) is 1. The molecule has 0 saturated carbocycles.